The monoisotopic (exact) mass is 335 g/mol. The Labute approximate surface area is 137 Å². The van der Waals surface area contributed by atoms with Crippen LogP contribution in [0.2, 0.25) is 5.02 Å². The zero-order chi connectivity index (χ0) is 16.4. The molecule has 0 atom stereocenters. The van der Waals surface area contributed by atoms with E-state index < -0.39 is 5.82 Å². The minimum Gasteiger partial charge on any atom is -0.368 e. The zero-order valence-electron chi connectivity index (χ0n) is 12.2. The van der Waals surface area contributed by atoms with Gasteiger partial charge in [0.25, 0.3) is 0 Å². The molecule has 120 valence electrons. The maximum atomic E-state index is 13.1. The lowest BCUT2D eigenvalue weighted by Crippen LogP contribution is -2.42. The summed E-state index contributed by atoms with van der Waals surface area (Å²) < 4.78 is 13.1. The highest BCUT2D eigenvalue weighted by atomic mass is 35.5. The molecule has 1 aromatic heterocycles. The van der Waals surface area contributed by atoms with Crippen LogP contribution in [0, 0.1) is 5.82 Å². The standard InChI is InChI=1S/C15H15ClFN5O/c16-11-5-9(1-2-12(11)17)6-20-15(23)22-4-3-10-7-19-14(18)21-13(10)8-22/h1-2,5,7H,3-4,6,8H2,(H,20,23)(H2,18,19,21). The van der Waals surface area contributed by atoms with Gasteiger partial charge in [-0.15, -0.1) is 0 Å². The number of rotatable bonds is 2. The van der Waals surface area contributed by atoms with Crippen LogP contribution in [0.1, 0.15) is 16.8 Å². The van der Waals surface area contributed by atoms with Crippen LogP contribution < -0.4 is 11.1 Å². The van der Waals surface area contributed by atoms with Gasteiger partial charge in [0.15, 0.2) is 0 Å². The van der Waals surface area contributed by atoms with Crippen molar-refractivity contribution in [3.63, 3.8) is 0 Å². The molecule has 0 radical (unpaired) electrons. The van der Waals surface area contributed by atoms with Crippen LogP contribution >= 0.6 is 11.6 Å². The highest BCUT2D eigenvalue weighted by molar-refractivity contribution is 6.30. The van der Waals surface area contributed by atoms with Crippen LogP contribution in [0.15, 0.2) is 24.4 Å². The van der Waals surface area contributed by atoms with Gasteiger partial charge < -0.3 is 16.0 Å². The van der Waals surface area contributed by atoms with Gasteiger partial charge >= 0.3 is 6.03 Å². The van der Waals surface area contributed by atoms with Crippen LogP contribution in [0.4, 0.5) is 15.1 Å². The minimum absolute atomic E-state index is 0.0378. The van der Waals surface area contributed by atoms with E-state index in [4.69, 9.17) is 17.3 Å². The molecule has 0 spiro atoms. The number of amides is 2. The molecule has 2 heterocycles. The third-order valence-corrected chi connectivity index (χ3v) is 3.97. The Hall–Kier alpha value is -2.41. The molecule has 0 unspecified atom stereocenters. The van der Waals surface area contributed by atoms with Crippen molar-refractivity contribution in [3.8, 4) is 0 Å². The predicted octanol–water partition coefficient (Wildman–Crippen LogP) is 2.12. The van der Waals surface area contributed by atoms with Crippen molar-refractivity contribution < 1.29 is 9.18 Å². The van der Waals surface area contributed by atoms with E-state index in [2.05, 4.69) is 15.3 Å². The number of nitrogen functional groups attached to an aromatic ring is 1. The molecule has 3 N–H and O–H groups in total. The molecule has 1 aliphatic heterocycles. The molecule has 0 saturated carbocycles. The summed E-state index contributed by atoms with van der Waals surface area (Å²) in [6.45, 7) is 1.24. The first-order chi connectivity index (χ1) is 11.0. The van der Waals surface area contributed by atoms with Crippen LogP contribution in [-0.4, -0.2) is 27.4 Å². The van der Waals surface area contributed by atoms with Gasteiger partial charge in [0.2, 0.25) is 5.95 Å². The first-order valence-corrected chi connectivity index (χ1v) is 7.47. The number of aromatic nitrogens is 2. The molecular formula is C15H15ClFN5O. The molecule has 8 heteroatoms. The number of fused-ring (bicyclic) bond motifs is 1. The van der Waals surface area contributed by atoms with Crippen molar-refractivity contribution in [2.75, 3.05) is 12.3 Å². The molecule has 0 saturated heterocycles. The Morgan fingerprint density at radius 3 is 3.09 bits per heavy atom. The molecule has 0 fully saturated rings. The second-order valence-corrected chi connectivity index (χ2v) is 5.69. The van der Waals surface area contributed by atoms with Crippen LogP contribution in [0.25, 0.3) is 0 Å². The largest absolute Gasteiger partial charge is 0.368 e. The van der Waals surface area contributed by atoms with Gasteiger partial charge in [-0.2, -0.15) is 0 Å². The third-order valence-electron chi connectivity index (χ3n) is 3.68. The van der Waals surface area contributed by atoms with E-state index in [9.17, 15) is 9.18 Å². The summed E-state index contributed by atoms with van der Waals surface area (Å²) in [5.41, 5.74) is 8.09. The topological polar surface area (TPSA) is 84.1 Å². The number of carbonyl (C=O) groups is 1. The number of nitrogens with two attached hydrogens (primary N) is 1. The first kappa shape index (κ1) is 15.5. The van der Waals surface area contributed by atoms with Crippen LogP contribution in [0.5, 0.6) is 0 Å². The van der Waals surface area contributed by atoms with Crippen LogP contribution in [-0.2, 0) is 19.5 Å². The number of hydrogen-bond donors (Lipinski definition) is 2. The summed E-state index contributed by atoms with van der Waals surface area (Å²) in [7, 11) is 0. The van der Waals surface area contributed by atoms with Gasteiger partial charge in [-0.25, -0.2) is 19.2 Å². The second-order valence-electron chi connectivity index (χ2n) is 5.28. The molecular weight excluding hydrogens is 321 g/mol. The Kier molecular flexibility index (Phi) is 4.29. The van der Waals surface area contributed by atoms with Crippen molar-refractivity contribution in [1.82, 2.24) is 20.2 Å². The van der Waals surface area contributed by atoms with Crippen LogP contribution in [0.3, 0.4) is 0 Å². The van der Waals surface area contributed by atoms with E-state index in [0.29, 0.717) is 19.5 Å². The summed E-state index contributed by atoms with van der Waals surface area (Å²) >= 11 is 5.72. The van der Waals surface area contributed by atoms with E-state index in [0.717, 1.165) is 16.8 Å². The quantitative estimate of drug-likeness (QED) is 0.880. The molecule has 3 rings (SSSR count). The Balaban J connectivity index is 1.62. The number of carbonyl (C=O) groups excluding carboxylic acids is 1. The summed E-state index contributed by atoms with van der Waals surface area (Å²) in [4.78, 5) is 22.0. The molecule has 2 aromatic rings. The summed E-state index contributed by atoms with van der Waals surface area (Å²) in [5, 5.41) is 2.83. The molecule has 1 aliphatic rings. The average Bonchev–Trinajstić information content (AvgIpc) is 2.55. The van der Waals surface area contributed by atoms with E-state index in [-0.39, 0.29) is 23.5 Å². The van der Waals surface area contributed by atoms with Gasteiger partial charge in [-0.1, -0.05) is 17.7 Å². The Morgan fingerprint density at radius 2 is 2.30 bits per heavy atom. The second kappa shape index (κ2) is 6.37. The van der Waals surface area contributed by atoms with Gasteiger partial charge in [-0.3, -0.25) is 0 Å². The fourth-order valence-corrected chi connectivity index (χ4v) is 2.63. The summed E-state index contributed by atoms with van der Waals surface area (Å²) in [6, 6.07) is 4.14. The number of anilines is 1. The number of halogens is 2. The Bertz CT molecular complexity index is 755. The predicted molar refractivity (Wildman–Crippen MR) is 84.2 cm³/mol. The lowest BCUT2D eigenvalue weighted by molar-refractivity contribution is 0.191. The summed E-state index contributed by atoms with van der Waals surface area (Å²) in [6.07, 6.45) is 2.39. The van der Waals surface area contributed by atoms with Crippen molar-refractivity contribution in [3.05, 3.63) is 52.1 Å². The molecule has 2 amide bonds. The molecule has 0 bridgehead atoms. The summed E-state index contributed by atoms with van der Waals surface area (Å²) in [5.74, 6) is -0.279. The third kappa shape index (κ3) is 3.50. The number of benzene rings is 1. The van der Waals surface area contributed by atoms with E-state index >= 15 is 0 Å². The Morgan fingerprint density at radius 1 is 1.48 bits per heavy atom. The smallest absolute Gasteiger partial charge is 0.318 e. The normalized spacial score (nSPS) is 13.6. The molecule has 6 nitrogen and oxygen atoms in total. The number of nitrogens with one attached hydrogen (secondary N) is 1. The number of nitrogens with zero attached hydrogens (tertiary/aromatic N) is 3. The van der Waals surface area contributed by atoms with Gasteiger partial charge in [0.05, 0.1) is 17.3 Å². The lowest BCUT2D eigenvalue weighted by atomic mass is 10.1. The van der Waals surface area contributed by atoms with E-state index in [1.807, 2.05) is 0 Å². The molecule has 1 aromatic carbocycles. The maximum Gasteiger partial charge on any atom is 0.318 e. The number of urea groups is 1. The van der Waals surface area contributed by atoms with Crippen molar-refractivity contribution in [1.29, 1.82) is 0 Å². The lowest BCUT2D eigenvalue weighted by Gasteiger charge is -2.28. The first-order valence-electron chi connectivity index (χ1n) is 7.10. The van der Waals surface area contributed by atoms with Gasteiger partial charge in [-0.05, 0) is 29.7 Å². The number of hydrogen-bond acceptors (Lipinski definition) is 4. The molecule has 0 aliphatic carbocycles. The van der Waals surface area contributed by atoms with Gasteiger partial charge in [0, 0.05) is 19.3 Å². The van der Waals surface area contributed by atoms with Crippen molar-refractivity contribution in [2.45, 2.75) is 19.5 Å². The zero-order valence-corrected chi connectivity index (χ0v) is 13.0. The SMILES string of the molecule is Nc1ncc2c(n1)CN(C(=O)NCc1ccc(F)c(Cl)c1)CC2. The highest BCUT2D eigenvalue weighted by Crippen LogP contribution is 2.18. The minimum atomic E-state index is -0.480. The highest BCUT2D eigenvalue weighted by Gasteiger charge is 2.22. The van der Waals surface area contributed by atoms with Crippen molar-refractivity contribution in [2.24, 2.45) is 0 Å². The molecule has 23 heavy (non-hydrogen) atoms. The van der Waals surface area contributed by atoms with Crippen molar-refractivity contribution >= 4 is 23.6 Å². The maximum absolute atomic E-state index is 13.1. The average molecular weight is 336 g/mol. The fourth-order valence-electron chi connectivity index (χ4n) is 2.43. The van der Waals surface area contributed by atoms with E-state index in [1.54, 1.807) is 17.2 Å². The van der Waals surface area contributed by atoms with E-state index in [1.165, 1.54) is 12.1 Å². The van der Waals surface area contributed by atoms with Gasteiger partial charge in [0.1, 0.15) is 5.82 Å². The fraction of sp³-hybridized carbons (Fsp3) is 0.267.